The number of carbonyl (C=O) groups is 4. The maximum atomic E-state index is 14.0. The van der Waals surface area contributed by atoms with Gasteiger partial charge in [-0.3, -0.25) is 19.2 Å². The Morgan fingerprint density at radius 1 is 0.806 bits per heavy atom. The lowest BCUT2D eigenvalue weighted by molar-refractivity contribution is -0.127. The lowest BCUT2D eigenvalue weighted by Crippen LogP contribution is -2.51. The first-order valence-corrected chi connectivity index (χ1v) is 12.2. The minimum Gasteiger partial charge on any atom is -0.349 e. The van der Waals surface area contributed by atoms with Gasteiger partial charge in [-0.15, -0.1) is 0 Å². The molecule has 3 aromatic carbocycles. The molecule has 0 N–H and O–H groups in total. The molecule has 1 aliphatic carbocycles. The van der Waals surface area contributed by atoms with Crippen LogP contribution in [0.2, 0.25) is 5.02 Å². The number of hydrogen-bond acceptors (Lipinski definition) is 5. The molecule has 2 aliphatic heterocycles. The van der Waals surface area contributed by atoms with Crippen LogP contribution < -0.4 is 4.90 Å². The largest absolute Gasteiger partial charge is 0.349 e. The van der Waals surface area contributed by atoms with Gasteiger partial charge in [-0.25, -0.2) is 4.90 Å². The average molecular weight is 500 g/mol. The van der Waals surface area contributed by atoms with Crippen LogP contribution in [0.5, 0.6) is 0 Å². The Labute approximate surface area is 212 Å². The number of halogens is 1. The molecule has 180 valence electrons. The number of nitrogens with zero attached hydrogens (tertiary/aromatic N) is 1. The van der Waals surface area contributed by atoms with Gasteiger partial charge in [-0.05, 0) is 41.3 Å². The molecule has 2 amide bonds. The van der Waals surface area contributed by atoms with E-state index in [1.165, 1.54) is 0 Å². The Bertz CT molecular complexity index is 1410. The van der Waals surface area contributed by atoms with E-state index in [9.17, 15) is 19.2 Å². The number of ketones is 2. The van der Waals surface area contributed by atoms with Crippen molar-refractivity contribution < 1.29 is 23.9 Å². The van der Waals surface area contributed by atoms with Crippen LogP contribution in [0.25, 0.3) is 0 Å². The number of carbonyl (C=O) groups excluding carboxylic acids is 4. The smallest absolute Gasteiger partial charge is 0.241 e. The van der Waals surface area contributed by atoms with Crippen LogP contribution in [0.15, 0.2) is 72.8 Å². The van der Waals surface area contributed by atoms with Gasteiger partial charge in [-0.1, -0.05) is 74.0 Å². The molecule has 2 saturated heterocycles. The van der Waals surface area contributed by atoms with Crippen LogP contribution in [0, 0.1) is 11.8 Å². The van der Waals surface area contributed by atoms with E-state index >= 15 is 0 Å². The van der Waals surface area contributed by atoms with Crippen LogP contribution >= 0.6 is 11.6 Å². The number of hydrogen-bond donors (Lipinski definition) is 0. The molecule has 0 radical (unpaired) electrons. The number of benzene rings is 3. The van der Waals surface area contributed by atoms with Crippen LogP contribution in [0.3, 0.4) is 0 Å². The Hall–Kier alpha value is -3.61. The number of anilines is 1. The highest BCUT2D eigenvalue weighted by atomic mass is 35.5. The second-order valence-electron chi connectivity index (χ2n) is 9.79. The number of Topliss-reactive ketones (excluding diaryl/α,β-unsaturated/α-hetero) is 2. The van der Waals surface area contributed by atoms with Crippen molar-refractivity contribution in [1.82, 2.24) is 0 Å². The lowest BCUT2D eigenvalue weighted by atomic mass is 9.77. The summed E-state index contributed by atoms with van der Waals surface area (Å²) in [5, 5.41) is 0.490. The molecule has 36 heavy (non-hydrogen) atoms. The number of ether oxygens (including phenoxy) is 1. The van der Waals surface area contributed by atoms with Gasteiger partial charge in [-0.2, -0.15) is 0 Å². The molecule has 6 rings (SSSR count). The summed E-state index contributed by atoms with van der Waals surface area (Å²) in [4.78, 5) is 56.5. The highest BCUT2D eigenvalue weighted by molar-refractivity contribution is 6.37. The van der Waals surface area contributed by atoms with Gasteiger partial charge in [0, 0.05) is 16.1 Å². The Morgan fingerprint density at radius 2 is 1.39 bits per heavy atom. The third-order valence-corrected chi connectivity index (χ3v) is 7.79. The minimum atomic E-state index is -2.09. The van der Waals surface area contributed by atoms with E-state index in [2.05, 4.69) is 13.8 Å². The van der Waals surface area contributed by atoms with Crippen LogP contribution in [-0.4, -0.2) is 29.0 Å². The highest BCUT2D eigenvalue weighted by Gasteiger charge is 2.74. The quantitative estimate of drug-likeness (QED) is 0.367. The molecule has 3 atom stereocenters. The maximum absolute atomic E-state index is 14.0. The van der Waals surface area contributed by atoms with Crippen molar-refractivity contribution in [3.05, 3.63) is 100 Å². The first-order valence-electron chi connectivity index (χ1n) is 11.9. The van der Waals surface area contributed by atoms with Crippen molar-refractivity contribution in [3.8, 4) is 0 Å². The number of fused-ring (bicyclic) bond motifs is 3. The highest BCUT2D eigenvalue weighted by Crippen LogP contribution is 2.57. The van der Waals surface area contributed by atoms with Gasteiger partial charge < -0.3 is 4.74 Å². The average Bonchev–Trinajstić information content (AvgIpc) is 3.44. The molecule has 2 heterocycles. The molecular formula is C29H22ClNO5. The van der Waals surface area contributed by atoms with Gasteiger partial charge in [0.05, 0.1) is 23.6 Å². The summed E-state index contributed by atoms with van der Waals surface area (Å²) in [7, 11) is 0. The summed E-state index contributed by atoms with van der Waals surface area (Å²) in [6.07, 6.45) is -0.967. The van der Waals surface area contributed by atoms with Crippen molar-refractivity contribution in [1.29, 1.82) is 0 Å². The van der Waals surface area contributed by atoms with Crippen LogP contribution in [-0.2, 0) is 14.3 Å². The molecule has 0 bridgehead atoms. The number of imide groups is 1. The predicted octanol–water partition coefficient (Wildman–Crippen LogP) is 5.16. The fourth-order valence-electron chi connectivity index (χ4n) is 5.73. The predicted molar refractivity (Wildman–Crippen MR) is 133 cm³/mol. The van der Waals surface area contributed by atoms with Crippen molar-refractivity contribution in [3.63, 3.8) is 0 Å². The minimum absolute atomic E-state index is 0.206. The zero-order chi connectivity index (χ0) is 25.4. The van der Waals surface area contributed by atoms with Crippen LogP contribution in [0.4, 0.5) is 5.69 Å². The first-order chi connectivity index (χ1) is 17.3. The molecule has 2 fully saturated rings. The SMILES string of the molecule is CC(C)c1ccc(N2C(=O)[C@@H]3[C@@H](c4ccc(Cl)cc4)OC4(C(=O)c5ccccc5C4=O)[C@@H]3C2=O)cc1. The van der Waals surface area contributed by atoms with Crippen molar-refractivity contribution in [2.24, 2.45) is 11.8 Å². The van der Waals surface area contributed by atoms with E-state index < -0.39 is 46.9 Å². The second-order valence-corrected chi connectivity index (χ2v) is 10.2. The van der Waals surface area contributed by atoms with Gasteiger partial charge >= 0.3 is 0 Å². The summed E-state index contributed by atoms with van der Waals surface area (Å²) in [5.74, 6) is -4.28. The van der Waals surface area contributed by atoms with Gasteiger partial charge in [0.15, 0.2) is 0 Å². The van der Waals surface area contributed by atoms with E-state index in [0.717, 1.165) is 10.5 Å². The van der Waals surface area contributed by atoms with Crippen molar-refractivity contribution >= 4 is 40.7 Å². The van der Waals surface area contributed by atoms with Crippen molar-refractivity contribution in [2.75, 3.05) is 4.90 Å². The molecule has 0 saturated carbocycles. The Balaban J connectivity index is 1.51. The number of rotatable bonds is 3. The fraction of sp³-hybridized carbons (Fsp3) is 0.241. The summed E-state index contributed by atoms with van der Waals surface area (Å²) in [6.45, 7) is 4.11. The zero-order valence-corrected chi connectivity index (χ0v) is 20.4. The van der Waals surface area contributed by atoms with E-state index in [-0.39, 0.29) is 17.0 Å². The molecule has 7 heteroatoms. The van der Waals surface area contributed by atoms with E-state index in [4.69, 9.17) is 16.3 Å². The molecule has 0 unspecified atom stereocenters. The summed E-state index contributed by atoms with van der Waals surface area (Å²) >= 11 is 6.07. The zero-order valence-electron chi connectivity index (χ0n) is 19.6. The third-order valence-electron chi connectivity index (χ3n) is 7.54. The lowest BCUT2D eigenvalue weighted by Gasteiger charge is -2.27. The van der Waals surface area contributed by atoms with Gasteiger partial charge in [0.2, 0.25) is 29.0 Å². The monoisotopic (exact) mass is 499 g/mol. The third kappa shape index (κ3) is 2.95. The van der Waals surface area contributed by atoms with E-state index in [1.807, 2.05) is 12.1 Å². The maximum Gasteiger partial charge on any atom is 0.241 e. The fourth-order valence-corrected chi connectivity index (χ4v) is 5.86. The molecule has 0 aromatic heterocycles. The van der Waals surface area contributed by atoms with Gasteiger partial charge in [0.25, 0.3) is 0 Å². The Morgan fingerprint density at radius 3 is 1.94 bits per heavy atom. The van der Waals surface area contributed by atoms with E-state index in [1.54, 1.807) is 60.7 Å². The molecule has 6 nitrogen and oxygen atoms in total. The normalized spacial score (nSPS) is 24.2. The summed E-state index contributed by atoms with van der Waals surface area (Å²) in [5.41, 5.74) is 0.368. The summed E-state index contributed by atoms with van der Waals surface area (Å²) < 4.78 is 6.27. The number of amides is 2. The van der Waals surface area contributed by atoms with Gasteiger partial charge in [0.1, 0.15) is 0 Å². The van der Waals surface area contributed by atoms with Crippen LogP contribution in [0.1, 0.15) is 57.7 Å². The molecule has 3 aromatic rings. The molecule has 1 spiro atoms. The van der Waals surface area contributed by atoms with Crippen molar-refractivity contribution in [2.45, 2.75) is 31.5 Å². The molecular weight excluding hydrogens is 478 g/mol. The first kappa shape index (κ1) is 22.8. The summed E-state index contributed by atoms with van der Waals surface area (Å²) in [6, 6.07) is 20.3. The van der Waals surface area contributed by atoms with E-state index in [0.29, 0.717) is 16.3 Å². The topological polar surface area (TPSA) is 80.8 Å². The Kier molecular flexibility index (Phi) is 5.04. The molecule has 3 aliphatic rings. The standard InChI is InChI=1S/C29H22ClNO5/c1-15(2)16-9-13-19(14-10-16)31-27(34)22-23(28(31)35)29(36-24(22)17-7-11-18(30)12-8-17)25(32)20-5-3-4-6-21(20)26(29)33/h3-15,22-24H,1-2H3/t22-,23-,24+/m0/s1. The second kappa shape index (κ2) is 7.95.